The molecule has 0 spiro atoms. The first-order chi connectivity index (χ1) is 9.94. The number of nitrogens with one attached hydrogen (secondary N) is 2. The third kappa shape index (κ3) is 3.79. The van der Waals surface area contributed by atoms with E-state index in [0.717, 1.165) is 10.0 Å². The van der Waals surface area contributed by atoms with Gasteiger partial charge in [-0.25, -0.2) is 18.1 Å². The number of benzene rings is 1. The number of aromatic nitrogens is 1. The molecular weight excluding hydrogens is 356 g/mol. The minimum Gasteiger partial charge on any atom is -0.321 e. The van der Waals surface area contributed by atoms with E-state index in [2.05, 4.69) is 31.1 Å². The normalized spacial score (nSPS) is 12.9. The van der Waals surface area contributed by atoms with Crippen LogP contribution < -0.4 is 16.0 Å². The maximum Gasteiger partial charge on any atom is 0.260 e. The van der Waals surface area contributed by atoms with E-state index < -0.39 is 16.1 Å². The second kappa shape index (κ2) is 6.52. The lowest BCUT2D eigenvalue weighted by Crippen LogP contribution is -2.28. The summed E-state index contributed by atoms with van der Waals surface area (Å²) in [5.41, 5.74) is 3.43. The zero-order valence-corrected chi connectivity index (χ0v) is 13.6. The van der Waals surface area contributed by atoms with Gasteiger partial charge in [-0.05, 0) is 36.8 Å². The minimum atomic E-state index is -3.78. The molecule has 0 radical (unpaired) electrons. The molecule has 4 N–H and O–H groups in total. The van der Waals surface area contributed by atoms with Crippen LogP contribution in [0.5, 0.6) is 0 Å². The van der Waals surface area contributed by atoms with Crippen molar-refractivity contribution in [3.8, 4) is 0 Å². The second-order valence-corrected chi connectivity index (χ2v) is 6.94. The van der Waals surface area contributed by atoms with Crippen LogP contribution in [0.3, 0.4) is 0 Å². The number of anilines is 1. The highest BCUT2D eigenvalue weighted by Crippen LogP contribution is 2.21. The van der Waals surface area contributed by atoms with Crippen molar-refractivity contribution < 1.29 is 8.42 Å². The van der Waals surface area contributed by atoms with E-state index >= 15 is 0 Å². The van der Waals surface area contributed by atoms with Crippen LogP contribution in [0.2, 0.25) is 0 Å². The number of rotatable bonds is 5. The monoisotopic (exact) mass is 370 g/mol. The molecule has 1 aromatic carbocycles. The highest BCUT2D eigenvalue weighted by atomic mass is 79.9. The molecule has 0 bridgehead atoms. The maximum absolute atomic E-state index is 12.4. The number of hydrogen-bond acceptors (Lipinski definition) is 5. The molecule has 8 heteroatoms. The van der Waals surface area contributed by atoms with Gasteiger partial charge in [-0.2, -0.15) is 0 Å². The van der Waals surface area contributed by atoms with Crippen molar-refractivity contribution in [3.05, 3.63) is 52.6 Å². The number of pyridine rings is 1. The molecule has 112 valence electrons. The van der Waals surface area contributed by atoms with Crippen molar-refractivity contribution in [3.63, 3.8) is 0 Å². The Morgan fingerprint density at radius 1 is 1.24 bits per heavy atom. The Morgan fingerprint density at radius 2 is 1.90 bits per heavy atom. The van der Waals surface area contributed by atoms with Crippen LogP contribution in [0, 0.1) is 0 Å². The van der Waals surface area contributed by atoms with E-state index in [1.54, 1.807) is 19.1 Å². The molecule has 0 amide bonds. The third-order valence-corrected chi connectivity index (χ3v) is 4.91. The van der Waals surface area contributed by atoms with Gasteiger partial charge in [-0.15, -0.1) is 0 Å². The lowest BCUT2D eigenvalue weighted by molar-refractivity contribution is 0.563. The van der Waals surface area contributed by atoms with E-state index in [9.17, 15) is 8.42 Å². The number of hydrazine groups is 1. The fourth-order valence-electron chi connectivity index (χ4n) is 1.82. The molecule has 2 rings (SSSR count). The first-order valence-electron chi connectivity index (χ1n) is 6.13. The first kappa shape index (κ1) is 15.9. The van der Waals surface area contributed by atoms with Crippen LogP contribution in [-0.2, 0) is 10.0 Å². The molecule has 0 saturated carbocycles. The quantitative estimate of drug-likeness (QED) is 0.553. The Balaban J connectivity index is 2.26. The highest BCUT2D eigenvalue weighted by Gasteiger charge is 2.22. The van der Waals surface area contributed by atoms with Crippen molar-refractivity contribution in [1.82, 2.24) is 9.71 Å². The number of sulfonamides is 1. The van der Waals surface area contributed by atoms with Gasteiger partial charge in [-0.1, -0.05) is 28.1 Å². The van der Waals surface area contributed by atoms with Crippen molar-refractivity contribution in [2.75, 3.05) is 5.43 Å². The molecule has 1 aromatic heterocycles. The lowest BCUT2D eigenvalue weighted by Gasteiger charge is -2.15. The summed E-state index contributed by atoms with van der Waals surface area (Å²) in [6.07, 6.45) is 1.40. The minimum absolute atomic E-state index is 0.128. The third-order valence-electron chi connectivity index (χ3n) is 2.88. The van der Waals surface area contributed by atoms with E-state index in [0.29, 0.717) is 0 Å². The summed E-state index contributed by atoms with van der Waals surface area (Å²) in [6, 6.07) is 10.2. The fraction of sp³-hybridized carbons (Fsp3) is 0.154. The molecule has 0 saturated heterocycles. The molecular formula is C13H15BrN4O2S. The molecule has 1 atom stereocenters. The number of nitrogens with two attached hydrogens (primary N) is 1. The molecule has 6 nitrogen and oxygen atoms in total. The van der Waals surface area contributed by atoms with Gasteiger partial charge in [0.1, 0.15) is 0 Å². The van der Waals surface area contributed by atoms with Crippen LogP contribution in [0.1, 0.15) is 18.5 Å². The predicted molar refractivity (Wildman–Crippen MR) is 84.9 cm³/mol. The summed E-state index contributed by atoms with van der Waals surface area (Å²) in [5, 5.41) is -0.128. The predicted octanol–water partition coefficient (Wildman–Crippen LogP) is 2.17. The Kier molecular flexibility index (Phi) is 4.94. The van der Waals surface area contributed by atoms with Gasteiger partial charge in [0.15, 0.2) is 5.03 Å². The van der Waals surface area contributed by atoms with Crippen LogP contribution in [0.25, 0.3) is 0 Å². The van der Waals surface area contributed by atoms with E-state index in [1.165, 1.54) is 6.20 Å². The van der Waals surface area contributed by atoms with Crippen molar-refractivity contribution in [1.29, 1.82) is 0 Å². The molecule has 1 heterocycles. The molecule has 21 heavy (non-hydrogen) atoms. The average molecular weight is 371 g/mol. The van der Waals surface area contributed by atoms with Crippen LogP contribution in [0.4, 0.5) is 5.69 Å². The molecule has 2 aromatic rings. The zero-order chi connectivity index (χ0) is 15.5. The van der Waals surface area contributed by atoms with Crippen molar-refractivity contribution in [2.45, 2.75) is 18.0 Å². The van der Waals surface area contributed by atoms with Crippen LogP contribution >= 0.6 is 15.9 Å². The van der Waals surface area contributed by atoms with Gasteiger partial charge in [0, 0.05) is 16.7 Å². The first-order valence-corrected chi connectivity index (χ1v) is 8.41. The summed E-state index contributed by atoms with van der Waals surface area (Å²) in [7, 11) is -3.78. The summed E-state index contributed by atoms with van der Waals surface area (Å²) in [6.45, 7) is 1.76. The van der Waals surface area contributed by atoms with Crippen molar-refractivity contribution in [2.24, 2.45) is 5.84 Å². The van der Waals surface area contributed by atoms with Gasteiger partial charge in [0.25, 0.3) is 10.0 Å². The topological polar surface area (TPSA) is 97.1 Å². The molecule has 0 aliphatic rings. The zero-order valence-electron chi connectivity index (χ0n) is 11.2. The Morgan fingerprint density at radius 3 is 2.52 bits per heavy atom. The summed E-state index contributed by atoms with van der Waals surface area (Å²) < 4.78 is 28.3. The van der Waals surface area contributed by atoms with Crippen molar-refractivity contribution >= 4 is 31.6 Å². The Labute approximate surface area is 131 Å². The summed E-state index contributed by atoms with van der Waals surface area (Å²) in [4.78, 5) is 3.88. The Hall–Kier alpha value is -1.48. The maximum atomic E-state index is 12.4. The lowest BCUT2D eigenvalue weighted by atomic mass is 10.1. The Bertz CT molecular complexity index is 719. The number of halogens is 1. The van der Waals surface area contributed by atoms with Crippen LogP contribution in [0.15, 0.2) is 52.1 Å². The van der Waals surface area contributed by atoms with Gasteiger partial charge < -0.3 is 5.43 Å². The molecule has 0 fully saturated rings. The van der Waals surface area contributed by atoms with Gasteiger partial charge >= 0.3 is 0 Å². The fourth-order valence-corrected chi connectivity index (χ4v) is 3.42. The van der Waals surface area contributed by atoms with E-state index in [1.807, 2.05) is 24.3 Å². The summed E-state index contributed by atoms with van der Waals surface area (Å²) >= 11 is 3.34. The number of nitrogens with zero attached hydrogens (tertiary/aromatic N) is 1. The number of nitrogen functional groups attached to an aromatic ring is 1. The van der Waals surface area contributed by atoms with Gasteiger partial charge in [-0.3, -0.25) is 5.84 Å². The summed E-state index contributed by atoms with van der Waals surface area (Å²) in [5.74, 6) is 5.32. The second-order valence-electron chi connectivity index (χ2n) is 4.39. The van der Waals surface area contributed by atoms with Gasteiger partial charge in [0.2, 0.25) is 0 Å². The van der Waals surface area contributed by atoms with E-state index in [-0.39, 0.29) is 10.7 Å². The SMILES string of the molecule is CC(NS(=O)(=O)c1ncccc1NN)c1ccc(Br)cc1. The van der Waals surface area contributed by atoms with E-state index in [4.69, 9.17) is 5.84 Å². The molecule has 0 aliphatic carbocycles. The molecule has 0 aliphatic heterocycles. The largest absolute Gasteiger partial charge is 0.321 e. The standard InChI is InChI=1S/C13H15BrN4O2S/c1-9(10-4-6-11(14)7-5-10)18-21(19,20)13-12(17-15)3-2-8-16-13/h2-9,17-18H,15H2,1H3. The van der Waals surface area contributed by atoms with Crippen LogP contribution in [-0.4, -0.2) is 13.4 Å². The number of hydrogen-bond donors (Lipinski definition) is 3. The molecule has 1 unspecified atom stereocenters. The average Bonchev–Trinajstić information content (AvgIpc) is 2.47. The van der Waals surface area contributed by atoms with Gasteiger partial charge in [0.05, 0.1) is 5.69 Å². The smallest absolute Gasteiger partial charge is 0.260 e. The highest BCUT2D eigenvalue weighted by molar-refractivity contribution is 9.10.